The SMILES string of the molecule is Nc1ncccc1-c1nc2ccc(-n3cccn3)nc2n1-c1ccc2c(c1)CC[C@@H]2n1cc(-c2cccnc2)nn1. The molecule has 0 unspecified atom stereocenters. The molecular weight excluding hydrogens is 514 g/mol. The monoisotopic (exact) mass is 537 g/mol. The minimum Gasteiger partial charge on any atom is -0.383 e. The van der Waals surface area contributed by atoms with Crippen molar-refractivity contribution in [2.75, 3.05) is 5.73 Å². The van der Waals surface area contributed by atoms with Gasteiger partial charge < -0.3 is 5.73 Å². The molecular formula is C30H23N11. The van der Waals surface area contributed by atoms with Gasteiger partial charge in [0.05, 0.1) is 17.8 Å². The second-order valence-corrected chi connectivity index (χ2v) is 9.93. The molecule has 1 atom stereocenters. The number of aryl methyl sites for hydroxylation is 1. The normalized spacial score (nSPS) is 14.5. The first kappa shape index (κ1) is 23.2. The first-order chi connectivity index (χ1) is 20.2. The van der Waals surface area contributed by atoms with Gasteiger partial charge >= 0.3 is 0 Å². The van der Waals surface area contributed by atoms with Crippen molar-refractivity contribution < 1.29 is 0 Å². The molecule has 0 amide bonds. The van der Waals surface area contributed by atoms with Crippen molar-refractivity contribution >= 4 is 17.0 Å². The highest BCUT2D eigenvalue weighted by molar-refractivity contribution is 5.83. The maximum absolute atomic E-state index is 6.33. The van der Waals surface area contributed by atoms with Gasteiger partial charge in [0.2, 0.25) is 0 Å². The van der Waals surface area contributed by atoms with Crippen LogP contribution < -0.4 is 5.73 Å². The Bertz CT molecular complexity index is 2020. The molecule has 11 heteroatoms. The van der Waals surface area contributed by atoms with Crippen molar-refractivity contribution in [1.29, 1.82) is 0 Å². The molecule has 41 heavy (non-hydrogen) atoms. The van der Waals surface area contributed by atoms with Crippen LogP contribution in [0, 0.1) is 0 Å². The van der Waals surface area contributed by atoms with Gasteiger partial charge in [0, 0.05) is 42.2 Å². The van der Waals surface area contributed by atoms with E-state index >= 15 is 0 Å². The lowest BCUT2D eigenvalue weighted by Gasteiger charge is -2.14. The summed E-state index contributed by atoms with van der Waals surface area (Å²) in [6, 6.07) is 20.0. The maximum atomic E-state index is 6.33. The number of fused-ring (bicyclic) bond motifs is 2. The Kier molecular flexibility index (Phi) is 5.20. The Labute approximate surface area is 234 Å². The van der Waals surface area contributed by atoms with E-state index in [2.05, 4.69) is 48.1 Å². The zero-order valence-electron chi connectivity index (χ0n) is 21.8. The largest absolute Gasteiger partial charge is 0.383 e. The number of aromatic nitrogens is 10. The lowest BCUT2D eigenvalue weighted by Crippen LogP contribution is -2.08. The van der Waals surface area contributed by atoms with Gasteiger partial charge in [-0.3, -0.25) is 9.55 Å². The number of rotatable bonds is 5. The third-order valence-electron chi connectivity index (χ3n) is 7.53. The first-order valence-corrected chi connectivity index (χ1v) is 13.3. The van der Waals surface area contributed by atoms with Gasteiger partial charge in [-0.1, -0.05) is 11.3 Å². The topological polar surface area (TPSA) is 131 Å². The van der Waals surface area contributed by atoms with Gasteiger partial charge in [-0.15, -0.1) is 5.10 Å². The van der Waals surface area contributed by atoms with E-state index in [4.69, 9.17) is 15.7 Å². The van der Waals surface area contributed by atoms with Crippen LogP contribution in [0.1, 0.15) is 23.6 Å². The number of nitrogens with zero attached hydrogens (tertiary/aromatic N) is 10. The Balaban J connectivity index is 1.24. The second-order valence-electron chi connectivity index (χ2n) is 9.93. The molecule has 8 rings (SSSR count). The van der Waals surface area contributed by atoms with Crippen LogP contribution >= 0.6 is 0 Å². The number of imidazole rings is 1. The highest BCUT2D eigenvalue weighted by Gasteiger charge is 2.27. The molecule has 1 aromatic carbocycles. The average molecular weight is 538 g/mol. The predicted octanol–water partition coefficient (Wildman–Crippen LogP) is 4.44. The van der Waals surface area contributed by atoms with E-state index in [1.807, 2.05) is 59.5 Å². The van der Waals surface area contributed by atoms with E-state index in [0.717, 1.165) is 40.9 Å². The van der Waals surface area contributed by atoms with E-state index in [1.165, 1.54) is 11.1 Å². The molecule has 11 nitrogen and oxygen atoms in total. The summed E-state index contributed by atoms with van der Waals surface area (Å²) in [6.45, 7) is 0. The van der Waals surface area contributed by atoms with Crippen LogP contribution in [0.4, 0.5) is 5.82 Å². The van der Waals surface area contributed by atoms with Crippen molar-refractivity contribution in [3.8, 4) is 34.2 Å². The van der Waals surface area contributed by atoms with Crippen molar-refractivity contribution in [3.05, 3.63) is 109 Å². The van der Waals surface area contributed by atoms with E-state index in [0.29, 0.717) is 23.1 Å². The van der Waals surface area contributed by atoms with E-state index in [1.54, 1.807) is 29.5 Å². The number of nitrogens with two attached hydrogens (primary N) is 1. The minimum absolute atomic E-state index is 0.106. The Hall–Kier alpha value is -5.71. The molecule has 0 spiro atoms. The molecule has 0 saturated carbocycles. The van der Waals surface area contributed by atoms with Crippen LogP contribution in [0.2, 0.25) is 0 Å². The van der Waals surface area contributed by atoms with Gasteiger partial charge in [-0.05, 0) is 78.6 Å². The second kappa shape index (κ2) is 9.19. The Morgan fingerprint density at radius 2 is 1.88 bits per heavy atom. The summed E-state index contributed by atoms with van der Waals surface area (Å²) in [5.41, 5.74) is 13.7. The fourth-order valence-corrected chi connectivity index (χ4v) is 5.58. The van der Waals surface area contributed by atoms with E-state index < -0.39 is 0 Å². The summed E-state index contributed by atoms with van der Waals surface area (Å²) in [7, 11) is 0. The number of hydrogen-bond donors (Lipinski definition) is 1. The summed E-state index contributed by atoms with van der Waals surface area (Å²) in [6.07, 6.45) is 12.7. The molecule has 0 bridgehead atoms. The highest BCUT2D eigenvalue weighted by Crippen LogP contribution is 2.37. The molecule has 2 N–H and O–H groups in total. The van der Waals surface area contributed by atoms with Gasteiger partial charge in [0.1, 0.15) is 17.0 Å². The van der Waals surface area contributed by atoms with Gasteiger partial charge in [0.25, 0.3) is 0 Å². The van der Waals surface area contributed by atoms with Crippen molar-refractivity contribution in [3.63, 3.8) is 0 Å². The first-order valence-electron chi connectivity index (χ1n) is 13.3. The third kappa shape index (κ3) is 3.86. The molecule has 0 saturated heterocycles. The number of anilines is 1. The van der Waals surface area contributed by atoms with Crippen LogP contribution in [0.15, 0.2) is 97.8 Å². The molecule has 0 aliphatic heterocycles. The number of pyridine rings is 3. The van der Waals surface area contributed by atoms with Crippen molar-refractivity contribution in [1.82, 2.24) is 49.3 Å². The summed E-state index contributed by atoms with van der Waals surface area (Å²) in [5.74, 6) is 1.79. The smallest absolute Gasteiger partial charge is 0.167 e. The van der Waals surface area contributed by atoms with Gasteiger partial charge in [0.15, 0.2) is 17.3 Å². The zero-order chi connectivity index (χ0) is 27.3. The molecule has 1 aliphatic carbocycles. The van der Waals surface area contributed by atoms with Crippen LogP contribution in [0.25, 0.3) is 45.3 Å². The molecule has 1 aliphatic rings. The fraction of sp³-hybridized carbons (Fsp3) is 0.100. The minimum atomic E-state index is 0.106. The molecule has 6 heterocycles. The third-order valence-corrected chi connectivity index (χ3v) is 7.53. The zero-order valence-corrected chi connectivity index (χ0v) is 21.8. The van der Waals surface area contributed by atoms with Crippen molar-refractivity contribution in [2.45, 2.75) is 18.9 Å². The molecule has 0 fully saturated rings. The van der Waals surface area contributed by atoms with Crippen molar-refractivity contribution in [2.24, 2.45) is 0 Å². The summed E-state index contributed by atoms with van der Waals surface area (Å²) in [4.78, 5) is 18.4. The summed E-state index contributed by atoms with van der Waals surface area (Å²) in [5, 5.41) is 13.2. The van der Waals surface area contributed by atoms with Gasteiger partial charge in [-0.25, -0.2) is 24.3 Å². The maximum Gasteiger partial charge on any atom is 0.167 e. The number of benzene rings is 1. The quantitative estimate of drug-likeness (QED) is 0.341. The number of nitrogen functional groups attached to an aromatic ring is 1. The van der Waals surface area contributed by atoms with Crippen LogP contribution in [0.3, 0.4) is 0 Å². The van der Waals surface area contributed by atoms with Crippen LogP contribution in [0.5, 0.6) is 0 Å². The Morgan fingerprint density at radius 3 is 2.73 bits per heavy atom. The lowest BCUT2D eigenvalue weighted by molar-refractivity contribution is 0.504. The van der Waals surface area contributed by atoms with E-state index in [9.17, 15) is 0 Å². The fourth-order valence-electron chi connectivity index (χ4n) is 5.58. The summed E-state index contributed by atoms with van der Waals surface area (Å²) < 4.78 is 5.75. The number of hydrogen-bond acceptors (Lipinski definition) is 8. The predicted molar refractivity (Wildman–Crippen MR) is 153 cm³/mol. The van der Waals surface area contributed by atoms with Crippen LogP contribution in [-0.2, 0) is 6.42 Å². The molecule has 198 valence electrons. The van der Waals surface area contributed by atoms with E-state index in [-0.39, 0.29) is 6.04 Å². The van der Waals surface area contributed by atoms with Crippen LogP contribution in [-0.4, -0.2) is 49.3 Å². The Morgan fingerprint density at radius 1 is 0.927 bits per heavy atom. The average Bonchev–Trinajstić information content (AvgIpc) is 3.82. The molecule has 0 radical (unpaired) electrons. The molecule has 6 aromatic heterocycles. The van der Waals surface area contributed by atoms with Gasteiger partial charge in [-0.2, -0.15) is 5.10 Å². The highest BCUT2D eigenvalue weighted by atomic mass is 15.4. The standard InChI is InChI=1S/C30H23N11/c31-28-23(5-2-13-33-28)29-35-24-9-11-27(39-15-3-14-34-39)36-30(24)41(29)21-7-8-22-19(16-21)6-10-26(22)40-18-25(37-38-40)20-4-1-12-32-17-20/h1-5,7-9,11-18,26H,6,10H2,(H2,31,33)/t26-/m0/s1. The molecule has 7 aromatic rings. The lowest BCUT2D eigenvalue weighted by atomic mass is 10.1. The summed E-state index contributed by atoms with van der Waals surface area (Å²) >= 11 is 0.